The Hall–Kier alpha value is -1.88. The highest BCUT2D eigenvalue weighted by atomic mass is 15.2. The summed E-state index contributed by atoms with van der Waals surface area (Å²) in [5.41, 5.74) is 1.04. The average molecular weight is 339 g/mol. The van der Waals surface area contributed by atoms with Gasteiger partial charge in [-0.3, -0.25) is 0 Å². The van der Waals surface area contributed by atoms with E-state index in [1.165, 1.54) is 57.1 Å². The van der Waals surface area contributed by atoms with Crippen LogP contribution in [0.3, 0.4) is 0 Å². The first-order chi connectivity index (χ1) is 12.4. The molecule has 2 saturated heterocycles. The summed E-state index contributed by atoms with van der Waals surface area (Å²) in [6.07, 6.45) is 7.73. The molecule has 0 unspecified atom stereocenters. The van der Waals surface area contributed by atoms with Crippen molar-refractivity contribution in [3.63, 3.8) is 0 Å². The van der Waals surface area contributed by atoms with Crippen LogP contribution in [0.25, 0.3) is 10.9 Å². The predicted molar refractivity (Wildman–Crippen MR) is 104 cm³/mol. The zero-order valence-electron chi connectivity index (χ0n) is 15.1. The van der Waals surface area contributed by atoms with Gasteiger partial charge >= 0.3 is 0 Å². The molecule has 1 N–H and O–H groups in total. The lowest BCUT2D eigenvalue weighted by Crippen LogP contribution is -2.30. The summed E-state index contributed by atoms with van der Waals surface area (Å²) in [6, 6.07) is 8.39. The summed E-state index contributed by atoms with van der Waals surface area (Å²) < 4.78 is 0. The summed E-state index contributed by atoms with van der Waals surface area (Å²) >= 11 is 0. The lowest BCUT2D eigenvalue weighted by Gasteiger charge is -2.29. The van der Waals surface area contributed by atoms with Gasteiger partial charge < -0.3 is 15.1 Å². The molecule has 1 aromatic heterocycles. The van der Waals surface area contributed by atoms with Crippen molar-refractivity contribution in [3.05, 3.63) is 24.3 Å². The number of nitrogens with zero attached hydrogens (tertiary/aromatic N) is 4. The van der Waals surface area contributed by atoms with Gasteiger partial charge in [-0.15, -0.1) is 0 Å². The molecule has 3 heterocycles. The van der Waals surface area contributed by atoms with Gasteiger partial charge in [0.25, 0.3) is 0 Å². The number of aromatic nitrogens is 2. The highest BCUT2D eigenvalue weighted by Crippen LogP contribution is 2.27. The molecule has 0 atom stereocenters. The van der Waals surface area contributed by atoms with Crippen molar-refractivity contribution < 1.29 is 0 Å². The minimum atomic E-state index is 0.778. The fourth-order valence-electron chi connectivity index (χ4n) is 3.99. The largest absolute Gasteiger partial charge is 0.356 e. The average Bonchev–Trinajstić information content (AvgIpc) is 3.19. The van der Waals surface area contributed by atoms with Gasteiger partial charge in [-0.2, -0.15) is 4.98 Å². The van der Waals surface area contributed by atoms with Crippen LogP contribution < -0.4 is 10.2 Å². The van der Waals surface area contributed by atoms with Gasteiger partial charge in [0.15, 0.2) is 0 Å². The van der Waals surface area contributed by atoms with Crippen molar-refractivity contribution in [1.29, 1.82) is 0 Å². The lowest BCUT2D eigenvalue weighted by molar-refractivity contribution is 0.337. The standard InChI is InChI=1S/C20H29N5/c1-4-15-25(16-5-1)19-17-9-2-3-10-18(17)22-20(23-19)21-11-8-14-24-12-6-7-13-24/h2-3,9-10H,1,4-8,11-16H2,(H,21,22,23). The lowest BCUT2D eigenvalue weighted by atomic mass is 10.1. The molecule has 2 aliphatic heterocycles. The minimum absolute atomic E-state index is 0.778. The fraction of sp³-hybridized carbons (Fsp3) is 0.600. The first kappa shape index (κ1) is 16.6. The van der Waals surface area contributed by atoms with Crippen molar-refractivity contribution in [2.24, 2.45) is 0 Å². The summed E-state index contributed by atoms with van der Waals surface area (Å²) in [5, 5.41) is 4.64. The van der Waals surface area contributed by atoms with Crippen molar-refractivity contribution in [3.8, 4) is 0 Å². The molecular formula is C20H29N5. The maximum atomic E-state index is 4.88. The molecule has 134 valence electrons. The summed E-state index contributed by atoms with van der Waals surface area (Å²) in [7, 11) is 0. The maximum absolute atomic E-state index is 4.88. The predicted octanol–water partition coefficient (Wildman–Crippen LogP) is 3.52. The van der Waals surface area contributed by atoms with E-state index in [-0.39, 0.29) is 0 Å². The van der Waals surface area contributed by atoms with Crippen molar-refractivity contribution in [2.75, 3.05) is 49.5 Å². The normalized spacial score (nSPS) is 18.8. The number of hydrogen-bond donors (Lipinski definition) is 1. The topological polar surface area (TPSA) is 44.3 Å². The van der Waals surface area contributed by atoms with Crippen LogP contribution in [0.2, 0.25) is 0 Å². The van der Waals surface area contributed by atoms with E-state index in [2.05, 4.69) is 39.4 Å². The molecule has 2 aromatic rings. The Kier molecular flexibility index (Phi) is 5.31. The van der Waals surface area contributed by atoms with Gasteiger partial charge in [0.1, 0.15) is 5.82 Å². The third kappa shape index (κ3) is 4.03. The molecule has 5 heteroatoms. The van der Waals surface area contributed by atoms with E-state index in [1.807, 2.05) is 0 Å². The zero-order valence-corrected chi connectivity index (χ0v) is 15.1. The van der Waals surface area contributed by atoms with Gasteiger partial charge in [-0.25, -0.2) is 4.98 Å². The Labute approximate surface area is 150 Å². The number of hydrogen-bond acceptors (Lipinski definition) is 5. The molecule has 1 aromatic carbocycles. The third-order valence-corrected chi connectivity index (χ3v) is 5.37. The SMILES string of the molecule is c1ccc2c(N3CCCCC3)nc(NCCCN3CCCC3)nc2c1. The highest BCUT2D eigenvalue weighted by molar-refractivity contribution is 5.90. The molecule has 25 heavy (non-hydrogen) atoms. The first-order valence-electron chi connectivity index (χ1n) is 9.88. The molecule has 0 radical (unpaired) electrons. The molecule has 5 nitrogen and oxygen atoms in total. The van der Waals surface area contributed by atoms with Crippen molar-refractivity contribution in [1.82, 2.24) is 14.9 Å². The van der Waals surface area contributed by atoms with E-state index in [4.69, 9.17) is 9.97 Å². The molecule has 2 aliphatic rings. The van der Waals surface area contributed by atoms with Crippen molar-refractivity contribution >= 4 is 22.7 Å². The van der Waals surface area contributed by atoms with Crippen LogP contribution in [0, 0.1) is 0 Å². The van der Waals surface area contributed by atoms with E-state index in [9.17, 15) is 0 Å². The van der Waals surface area contributed by atoms with Crippen molar-refractivity contribution in [2.45, 2.75) is 38.5 Å². The maximum Gasteiger partial charge on any atom is 0.225 e. The number of fused-ring (bicyclic) bond motifs is 1. The molecule has 4 rings (SSSR count). The Morgan fingerprint density at radius 3 is 2.48 bits per heavy atom. The minimum Gasteiger partial charge on any atom is -0.356 e. The van der Waals surface area contributed by atoms with Gasteiger partial charge in [0, 0.05) is 25.0 Å². The van der Waals surface area contributed by atoms with Crippen LogP contribution in [-0.2, 0) is 0 Å². The Bertz CT molecular complexity index is 690. The second-order valence-corrected chi connectivity index (χ2v) is 7.26. The smallest absolute Gasteiger partial charge is 0.225 e. The molecule has 0 spiro atoms. The van der Waals surface area contributed by atoms with Crippen LogP contribution in [0.4, 0.5) is 11.8 Å². The molecular weight excluding hydrogens is 310 g/mol. The number of likely N-dealkylation sites (tertiary alicyclic amines) is 1. The van der Waals surface area contributed by atoms with Crippen LogP contribution in [0.15, 0.2) is 24.3 Å². The number of anilines is 2. The van der Waals surface area contributed by atoms with E-state index in [0.29, 0.717) is 0 Å². The van der Waals surface area contributed by atoms with Gasteiger partial charge in [0.2, 0.25) is 5.95 Å². The summed E-state index contributed by atoms with van der Waals surface area (Å²) in [6.45, 7) is 6.87. The molecule has 0 saturated carbocycles. The second kappa shape index (κ2) is 8.00. The first-order valence-corrected chi connectivity index (χ1v) is 9.88. The Morgan fingerprint density at radius 2 is 1.64 bits per heavy atom. The number of piperidine rings is 1. The van der Waals surface area contributed by atoms with Gasteiger partial charge in [-0.1, -0.05) is 12.1 Å². The van der Waals surface area contributed by atoms with Crippen LogP contribution in [-0.4, -0.2) is 54.1 Å². The number of benzene rings is 1. The van der Waals surface area contributed by atoms with Crippen LogP contribution >= 0.6 is 0 Å². The molecule has 0 aliphatic carbocycles. The van der Waals surface area contributed by atoms with E-state index >= 15 is 0 Å². The molecule has 2 fully saturated rings. The molecule has 0 amide bonds. The highest BCUT2D eigenvalue weighted by Gasteiger charge is 2.17. The second-order valence-electron chi connectivity index (χ2n) is 7.26. The quantitative estimate of drug-likeness (QED) is 0.816. The molecule has 0 bridgehead atoms. The van der Waals surface area contributed by atoms with Crippen LogP contribution in [0.5, 0.6) is 0 Å². The summed E-state index contributed by atoms with van der Waals surface area (Å²) in [4.78, 5) is 14.6. The number of para-hydroxylation sites is 1. The number of rotatable bonds is 6. The summed E-state index contributed by atoms with van der Waals surface area (Å²) in [5.74, 6) is 1.88. The Morgan fingerprint density at radius 1 is 0.880 bits per heavy atom. The monoisotopic (exact) mass is 339 g/mol. The van der Waals surface area contributed by atoms with Gasteiger partial charge in [-0.05, 0) is 70.3 Å². The fourth-order valence-corrected chi connectivity index (χ4v) is 3.99. The van der Waals surface area contributed by atoms with Gasteiger partial charge in [0.05, 0.1) is 5.52 Å². The third-order valence-electron chi connectivity index (χ3n) is 5.37. The van der Waals surface area contributed by atoms with E-state index < -0.39 is 0 Å². The Balaban J connectivity index is 1.46. The van der Waals surface area contributed by atoms with Crippen LogP contribution in [0.1, 0.15) is 38.5 Å². The number of nitrogens with one attached hydrogen (secondary N) is 1. The van der Waals surface area contributed by atoms with E-state index in [1.54, 1.807) is 0 Å². The van der Waals surface area contributed by atoms with E-state index in [0.717, 1.165) is 43.3 Å². The zero-order chi connectivity index (χ0) is 16.9.